The van der Waals surface area contributed by atoms with E-state index in [1.807, 2.05) is 0 Å². The van der Waals surface area contributed by atoms with E-state index in [2.05, 4.69) is 15.5 Å². The molecule has 5 fully saturated rings. The highest BCUT2D eigenvalue weighted by molar-refractivity contribution is 7.15. The minimum Gasteiger partial charge on any atom is -0.301 e. The van der Waals surface area contributed by atoms with Crippen molar-refractivity contribution in [2.75, 3.05) is 5.32 Å². The van der Waals surface area contributed by atoms with Crippen LogP contribution in [-0.2, 0) is 4.79 Å². The number of anilines is 1. The monoisotopic (exact) mass is 317 g/mol. The fourth-order valence-electron chi connectivity index (χ4n) is 5.79. The molecule has 5 heteroatoms. The molecule has 5 aliphatic rings. The van der Waals surface area contributed by atoms with Crippen LogP contribution < -0.4 is 5.32 Å². The summed E-state index contributed by atoms with van der Waals surface area (Å²) in [5.41, 5.74) is 0.308. The minimum atomic E-state index is 0.167. The van der Waals surface area contributed by atoms with Crippen molar-refractivity contribution in [3.05, 3.63) is 5.01 Å². The lowest BCUT2D eigenvalue weighted by molar-refractivity contribution is -0.124. The van der Waals surface area contributed by atoms with Crippen LogP contribution >= 0.6 is 11.3 Å². The molecular formula is C17H23N3OS. The van der Waals surface area contributed by atoms with E-state index >= 15 is 0 Å². The first kappa shape index (κ1) is 13.5. The largest absolute Gasteiger partial charge is 0.301 e. The second-order valence-electron chi connectivity index (χ2n) is 8.36. The van der Waals surface area contributed by atoms with Crippen LogP contribution in [0.2, 0.25) is 0 Å². The van der Waals surface area contributed by atoms with E-state index in [1.54, 1.807) is 11.3 Å². The molecule has 5 saturated carbocycles. The zero-order valence-electron chi connectivity index (χ0n) is 12.9. The summed E-state index contributed by atoms with van der Waals surface area (Å²) in [5, 5.41) is 13.2. The maximum atomic E-state index is 12.5. The Kier molecular flexibility index (Phi) is 2.91. The molecule has 0 radical (unpaired) electrons. The number of nitrogens with zero attached hydrogens (tertiary/aromatic N) is 2. The van der Waals surface area contributed by atoms with Gasteiger partial charge in [-0.05, 0) is 74.5 Å². The van der Waals surface area contributed by atoms with Gasteiger partial charge >= 0.3 is 0 Å². The zero-order valence-corrected chi connectivity index (χ0v) is 13.7. The van der Waals surface area contributed by atoms with Gasteiger partial charge in [-0.3, -0.25) is 4.79 Å². The molecule has 1 N–H and O–H groups in total. The number of rotatable bonds is 4. The molecule has 1 amide bonds. The smallest absolute Gasteiger partial charge is 0.226 e. The molecule has 0 unspecified atom stereocenters. The predicted molar refractivity (Wildman–Crippen MR) is 85.7 cm³/mol. The average molecular weight is 317 g/mol. The van der Waals surface area contributed by atoms with Crippen LogP contribution in [0.1, 0.15) is 68.7 Å². The van der Waals surface area contributed by atoms with Crippen molar-refractivity contribution < 1.29 is 4.79 Å². The van der Waals surface area contributed by atoms with Gasteiger partial charge in [-0.1, -0.05) is 11.3 Å². The predicted octanol–water partition coefficient (Wildman–Crippen LogP) is 3.96. The summed E-state index contributed by atoms with van der Waals surface area (Å²) < 4.78 is 0. The highest BCUT2D eigenvalue weighted by Crippen LogP contribution is 2.61. The molecule has 4 nitrogen and oxygen atoms in total. The van der Waals surface area contributed by atoms with Crippen LogP contribution in [0.15, 0.2) is 0 Å². The number of amides is 1. The Labute approximate surface area is 135 Å². The van der Waals surface area contributed by atoms with Gasteiger partial charge in [0, 0.05) is 12.3 Å². The van der Waals surface area contributed by atoms with E-state index in [4.69, 9.17) is 0 Å². The number of aromatic nitrogens is 2. The van der Waals surface area contributed by atoms with Crippen molar-refractivity contribution >= 4 is 22.4 Å². The maximum absolute atomic E-state index is 12.5. The summed E-state index contributed by atoms with van der Waals surface area (Å²) in [7, 11) is 0. The molecule has 5 aliphatic carbocycles. The Morgan fingerprint density at radius 2 is 1.73 bits per heavy atom. The van der Waals surface area contributed by atoms with Crippen molar-refractivity contribution in [2.45, 2.75) is 63.7 Å². The summed E-state index contributed by atoms with van der Waals surface area (Å²) in [6.45, 7) is 0. The Hall–Kier alpha value is -0.970. The maximum Gasteiger partial charge on any atom is 0.226 e. The third kappa shape index (κ3) is 2.38. The van der Waals surface area contributed by atoms with E-state index in [1.165, 1.54) is 51.4 Å². The summed E-state index contributed by atoms with van der Waals surface area (Å²) in [6, 6.07) is 0. The number of hydrogen-bond donors (Lipinski definition) is 1. The minimum absolute atomic E-state index is 0.167. The quantitative estimate of drug-likeness (QED) is 0.914. The molecule has 0 spiro atoms. The van der Waals surface area contributed by atoms with E-state index in [0.717, 1.165) is 22.8 Å². The molecule has 1 aromatic rings. The standard InChI is InChI=1S/C17H23N3OS/c21-14(18-16-20-19-15(22-16)13-1-2-13)9-17-6-10-3-11(7-17)5-12(4-10)8-17/h10-13H,1-9H2,(H,18,20,21). The lowest BCUT2D eigenvalue weighted by Gasteiger charge is -2.56. The molecule has 1 aromatic heterocycles. The Morgan fingerprint density at radius 1 is 1.09 bits per heavy atom. The van der Waals surface area contributed by atoms with E-state index < -0.39 is 0 Å². The van der Waals surface area contributed by atoms with Crippen molar-refractivity contribution in [3.63, 3.8) is 0 Å². The molecule has 0 saturated heterocycles. The third-order valence-corrected chi connectivity index (χ3v) is 7.32. The Balaban J connectivity index is 1.26. The number of carbonyl (C=O) groups is 1. The van der Waals surface area contributed by atoms with Crippen molar-refractivity contribution in [3.8, 4) is 0 Å². The van der Waals surface area contributed by atoms with Crippen molar-refractivity contribution in [2.24, 2.45) is 23.2 Å². The average Bonchev–Trinajstić information content (AvgIpc) is 3.17. The van der Waals surface area contributed by atoms with Crippen molar-refractivity contribution in [1.29, 1.82) is 0 Å². The molecule has 1 heterocycles. The van der Waals surface area contributed by atoms with Crippen LogP contribution in [0.5, 0.6) is 0 Å². The van der Waals surface area contributed by atoms with Crippen LogP contribution in [-0.4, -0.2) is 16.1 Å². The first-order valence-electron chi connectivity index (χ1n) is 8.81. The van der Waals surface area contributed by atoms with E-state index in [-0.39, 0.29) is 5.91 Å². The third-order valence-electron chi connectivity index (χ3n) is 6.31. The van der Waals surface area contributed by atoms with Gasteiger partial charge in [-0.2, -0.15) is 0 Å². The van der Waals surface area contributed by atoms with Gasteiger partial charge in [0.25, 0.3) is 0 Å². The van der Waals surface area contributed by atoms with Gasteiger partial charge in [0.15, 0.2) is 0 Å². The SMILES string of the molecule is O=C(CC12CC3CC(CC(C3)C1)C2)Nc1nnc(C2CC2)s1. The van der Waals surface area contributed by atoms with Gasteiger partial charge < -0.3 is 5.32 Å². The molecule has 0 aliphatic heterocycles. The highest BCUT2D eigenvalue weighted by Gasteiger charge is 2.51. The summed E-state index contributed by atoms with van der Waals surface area (Å²) in [4.78, 5) is 12.5. The topological polar surface area (TPSA) is 54.9 Å². The van der Waals surface area contributed by atoms with E-state index in [9.17, 15) is 4.79 Å². The number of nitrogens with one attached hydrogen (secondary N) is 1. The van der Waals surface area contributed by atoms with Gasteiger partial charge in [0.2, 0.25) is 11.0 Å². The summed E-state index contributed by atoms with van der Waals surface area (Å²) in [6.07, 6.45) is 11.3. The highest BCUT2D eigenvalue weighted by atomic mass is 32.1. The normalized spacial score (nSPS) is 39.2. The molecule has 4 bridgehead atoms. The fourth-order valence-corrected chi connectivity index (χ4v) is 6.72. The molecule has 118 valence electrons. The zero-order chi connectivity index (χ0) is 14.7. The first-order valence-corrected chi connectivity index (χ1v) is 9.62. The first-order chi connectivity index (χ1) is 10.7. The number of carbonyl (C=O) groups excluding carboxylic acids is 1. The molecule has 0 atom stereocenters. The van der Waals surface area contributed by atoms with Crippen LogP contribution in [0.25, 0.3) is 0 Å². The molecule has 22 heavy (non-hydrogen) atoms. The van der Waals surface area contributed by atoms with Crippen LogP contribution in [0.3, 0.4) is 0 Å². The van der Waals surface area contributed by atoms with Gasteiger partial charge in [0.05, 0.1) is 0 Å². The summed E-state index contributed by atoms with van der Waals surface area (Å²) >= 11 is 1.57. The van der Waals surface area contributed by atoms with Gasteiger partial charge in [-0.15, -0.1) is 10.2 Å². The van der Waals surface area contributed by atoms with Gasteiger partial charge in [-0.25, -0.2) is 0 Å². The second-order valence-corrected chi connectivity index (χ2v) is 9.37. The molecular weight excluding hydrogens is 294 g/mol. The fraction of sp³-hybridized carbons (Fsp3) is 0.824. The summed E-state index contributed by atoms with van der Waals surface area (Å²) in [5.74, 6) is 3.50. The lowest BCUT2D eigenvalue weighted by atomic mass is 9.49. The van der Waals surface area contributed by atoms with Crippen LogP contribution in [0, 0.1) is 23.2 Å². The Bertz CT molecular complexity index is 572. The van der Waals surface area contributed by atoms with E-state index in [0.29, 0.717) is 22.9 Å². The van der Waals surface area contributed by atoms with Crippen LogP contribution in [0.4, 0.5) is 5.13 Å². The van der Waals surface area contributed by atoms with Gasteiger partial charge in [0.1, 0.15) is 5.01 Å². The molecule has 6 rings (SSSR count). The number of hydrogen-bond acceptors (Lipinski definition) is 4. The molecule has 0 aromatic carbocycles. The second kappa shape index (κ2) is 4.76. The Morgan fingerprint density at radius 3 is 2.32 bits per heavy atom. The lowest BCUT2D eigenvalue weighted by Crippen LogP contribution is -2.47. The van der Waals surface area contributed by atoms with Crippen molar-refractivity contribution in [1.82, 2.24) is 10.2 Å².